The molecule has 1 rings (SSSR count). The average Bonchev–Trinajstić information content (AvgIpc) is 2.32. The molecule has 7 heteroatoms. The van der Waals surface area contributed by atoms with Crippen LogP contribution < -0.4 is 11.1 Å². The maximum atomic E-state index is 11.7. The summed E-state index contributed by atoms with van der Waals surface area (Å²) in [6.45, 7) is 1.62. The Hall–Kier alpha value is -1.27. The topological polar surface area (TPSA) is 89.3 Å². The Balaban J connectivity index is 2.64. The van der Waals surface area contributed by atoms with E-state index in [9.17, 15) is 13.2 Å². The van der Waals surface area contributed by atoms with E-state index in [2.05, 4.69) is 5.32 Å². The minimum atomic E-state index is -3.09. The van der Waals surface area contributed by atoms with Crippen LogP contribution in [0.15, 0.2) is 18.2 Å². The number of nitrogens with two attached hydrogens (primary N) is 1. The van der Waals surface area contributed by atoms with E-state index in [1.165, 1.54) is 6.07 Å². The Morgan fingerprint density at radius 2 is 2.11 bits per heavy atom. The maximum absolute atomic E-state index is 11.7. The Labute approximate surface area is 111 Å². The molecule has 0 bridgehead atoms. The van der Waals surface area contributed by atoms with Gasteiger partial charge in [0.25, 0.3) is 5.91 Å². The number of benzene rings is 1. The zero-order chi connectivity index (χ0) is 13.8. The van der Waals surface area contributed by atoms with Crippen LogP contribution in [0.2, 0.25) is 5.02 Å². The van der Waals surface area contributed by atoms with Gasteiger partial charge >= 0.3 is 0 Å². The molecule has 0 atom stereocenters. The highest BCUT2D eigenvalue weighted by Crippen LogP contribution is 2.22. The Morgan fingerprint density at radius 3 is 2.72 bits per heavy atom. The number of nitrogens with one attached hydrogen (secondary N) is 1. The van der Waals surface area contributed by atoms with Gasteiger partial charge in [0.15, 0.2) is 9.84 Å². The molecule has 0 saturated carbocycles. The number of anilines is 1. The van der Waals surface area contributed by atoms with Crippen molar-refractivity contribution in [3.05, 3.63) is 28.8 Å². The first-order chi connectivity index (χ1) is 8.37. The number of halogens is 1. The van der Waals surface area contributed by atoms with Crippen molar-refractivity contribution in [2.24, 2.45) is 0 Å². The van der Waals surface area contributed by atoms with Crippen LogP contribution in [0.1, 0.15) is 17.3 Å². The smallest absolute Gasteiger partial charge is 0.252 e. The largest absolute Gasteiger partial charge is 0.398 e. The molecule has 0 aliphatic heterocycles. The lowest BCUT2D eigenvalue weighted by atomic mass is 10.2. The highest BCUT2D eigenvalue weighted by atomic mass is 35.5. The normalized spacial score (nSPS) is 11.2. The van der Waals surface area contributed by atoms with Gasteiger partial charge in [0.1, 0.15) is 0 Å². The van der Waals surface area contributed by atoms with Crippen LogP contribution in [0.4, 0.5) is 5.69 Å². The van der Waals surface area contributed by atoms with E-state index in [-0.39, 0.29) is 28.6 Å². The molecule has 1 aromatic rings. The number of nitrogen functional groups attached to an aromatic ring is 1. The molecule has 1 aromatic carbocycles. The molecule has 0 fully saturated rings. The number of hydrogen-bond acceptors (Lipinski definition) is 4. The summed E-state index contributed by atoms with van der Waals surface area (Å²) in [6, 6.07) is 4.72. The van der Waals surface area contributed by atoms with Crippen molar-refractivity contribution in [2.75, 3.05) is 23.8 Å². The van der Waals surface area contributed by atoms with Gasteiger partial charge in [-0.25, -0.2) is 8.42 Å². The Morgan fingerprint density at radius 1 is 1.44 bits per heavy atom. The fourth-order valence-corrected chi connectivity index (χ4v) is 2.20. The lowest BCUT2D eigenvalue weighted by Crippen LogP contribution is -2.29. The van der Waals surface area contributed by atoms with Crippen molar-refractivity contribution in [3.8, 4) is 0 Å². The Kier molecular flexibility index (Phi) is 4.98. The number of carbonyl (C=O) groups excluding carboxylic acids is 1. The van der Waals surface area contributed by atoms with E-state index in [0.29, 0.717) is 5.69 Å². The van der Waals surface area contributed by atoms with Crippen molar-refractivity contribution in [3.63, 3.8) is 0 Å². The first-order valence-electron chi connectivity index (χ1n) is 5.40. The van der Waals surface area contributed by atoms with E-state index in [4.69, 9.17) is 17.3 Å². The van der Waals surface area contributed by atoms with Crippen molar-refractivity contribution in [1.29, 1.82) is 0 Å². The third-order valence-corrected chi connectivity index (χ3v) is 4.54. The summed E-state index contributed by atoms with van der Waals surface area (Å²) in [4.78, 5) is 11.7. The van der Waals surface area contributed by atoms with Crippen molar-refractivity contribution >= 4 is 33.0 Å². The number of sulfone groups is 1. The van der Waals surface area contributed by atoms with E-state index >= 15 is 0 Å². The van der Waals surface area contributed by atoms with E-state index in [1.807, 2.05) is 0 Å². The van der Waals surface area contributed by atoms with Crippen LogP contribution in [0.3, 0.4) is 0 Å². The second-order valence-corrected chi connectivity index (χ2v) is 6.55. The summed E-state index contributed by atoms with van der Waals surface area (Å²) in [5, 5.41) is 2.67. The zero-order valence-electron chi connectivity index (χ0n) is 9.94. The van der Waals surface area contributed by atoms with Crippen LogP contribution in [0, 0.1) is 0 Å². The minimum absolute atomic E-state index is 0.0557. The monoisotopic (exact) mass is 290 g/mol. The van der Waals surface area contributed by atoms with Gasteiger partial charge in [-0.1, -0.05) is 24.6 Å². The van der Waals surface area contributed by atoms with Gasteiger partial charge in [-0.2, -0.15) is 0 Å². The number of rotatable bonds is 5. The lowest BCUT2D eigenvalue weighted by molar-refractivity contribution is 0.0956. The van der Waals surface area contributed by atoms with Gasteiger partial charge in [0, 0.05) is 12.3 Å². The summed E-state index contributed by atoms with van der Waals surface area (Å²) < 4.78 is 22.5. The molecule has 0 aliphatic carbocycles. The molecule has 100 valence electrons. The molecule has 0 spiro atoms. The second kappa shape index (κ2) is 6.06. The highest BCUT2D eigenvalue weighted by molar-refractivity contribution is 7.91. The molecular formula is C11H15ClN2O3S. The van der Waals surface area contributed by atoms with Crippen LogP contribution in [0.5, 0.6) is 0 Å². The maximum Gasteiger partial charge on any atom is 0.252 e. The molecule has 0 unspecified atom stereocenters. The third kappa shape index (κ3) is 3.89. The van der Waals surface area contributed by atoms with Gasteiger partial charge in [-0.15, -0.1) is 0 Å². The molecular weight excluding hydrogens is 276 g/mol. The first kappa shape index (κ1) is 14.8. The molecule has 0 aliphatic rings. The average molecular weight is 291 g/mol. The zero-order valence-corrected chi connectivity index (χ0v) is 11.5. The van der Waals surface area contributed by atoms with E-state index < -0.39 is 15.7 Å². The van der Waals surface area contributed by atoms with Gasteiger partial charge in [0.05, 0.1) is 22.0 Å². The van der Waals surface area contributed by atoms with Crippen molar-refractivity contribution < 1.29 is 13.2 Å². The van der Waals surface area contributed by atoms with E-state index in [1.54, 1.807) is 19.1 Å². The minimum Gasteiger partial charge on any atom is -0.398 e. The summed E-state index contributed by atoms with van der Waals surface area (Å²) in [5.74, 6) is -0.463. The summed E-state index contributed by atoms with van der Waals surface area (Å²) in [6.07, 6.45) is 0. The fourth-order valence-electron chi connectivity index (χ4n) is 1.28. The highest BCUT2D eigenvalue weighted by Gasteiger charge is 2.13. The second-order valence-electron chi connectivity index (χ2n) is 3.70. The molecule has 18 heavy (non-hydrogen) atoms. The fraction of sp³-hybridized carbons (Fsp3) is 0.364. The molecule has 0 aromatic heterocycles. The van der Waals surface area contributed by atoms with Gasteiger partial charge in [-0.3, -0.25) is 4.79 Å². The van der Waals surface area contributed by atoms with Crippen molar-refractivity contribution in [1.82, 2.24) is 5.32 Å². The summed E-state index contributed by atoms with van der Waals surface area (Å²) in [7, 11) is -3.09. The van der Waals surface area contributed by atoms with Gasteiger partial charge in [-0.05, 0) is 12.1 Å². The predicted octanol–water partition coefficient (Wildman–Crippen LogP) is 1.09. The van der Waals surface area contributed by atoms with Gasteiger partial charge in [0.2, 0.25) is 0 Å². The van der Waals surface area contributed by atoms with Crippen molar-refractivity contribution in [2.45, 2.75) is 6.92 Å². The van der Waals surface area contributed by atoms with Crippen LogP contribution in [0.25, 0.3) is 0 Å². The number of hydrogen-bond donors (Lipinski definition) is 2. The quantitative estimate of drug-likeness (QED) is 0.794. The van der Waals surface area contributed by atoms with E-state index in [0.717, 1.165) is 0 Å². The van der Waals surface area contributed by atoms with Crippen LogP contribution in [-0.2, 0) is 9.84 Å². The van der Waals surface area contributed by atoms with Crippen LogP contribution in [-0.4, -0.2) is 32.4 Å². The molecule has 0 heterocycles. The number of amides is 1. The molecule has 5 nitrogen and oxygen atoms in total. The standard InChI is InChI=1S/C11H15ClN2O3S/c1-2-18(16,17)7-6-14-11(15)8-4-3-5-9(13)10(8)12/h3-5H,2,6-7,13H2,1H3,(H,14,15). The third-order valence-electron chi connectivity index (χ3n) is 2.41. The SMILES string of the molecule is CCS(=O)(=O)CCNC(=O)c1cccc(N)c1Cl. The summed E-state index contributed by atoms with van der Waals surface area (Å²) >= 11 is 5.88. The molecule has 1 amide bonds. The predicted molar refractivity (Wildman–Crippen MR) is 72.5 cm³/mol. The number of carbonyl (C=O) groups is 1. The molecule has 0 radical (unpaired) electrons. The first-order valence-corrected chi connectivity index (χ1v) is 7.60. The molecule has 0 saturated heterocycles. The Bertz CT molecular complexity index is 543. The van der Waals surface area contributed by atoms with Gasteiger partial charge < -0.3 is 11.1 Å². The lowest BCUT2D eigenvalue weighted by Gasteiger charge is -2.08. The summed E-state index contributed by atoms with van der Waals surface area (Å²) in [5.41, 5.74) is 6.12. The van der Waals surface area contributed by atoms with Crippen LogP contribution >= 0.6 is 11.6 Å². The molecule has 3 N–H and O–H groups in total.